The first-order chi connectivity index (χ1) is 24.5. The van der Waals surface area contributed by atoms with E-state index in [0.29, 0.717) is 19.3 Å². The van der Waals surface area contributed by atoms with Crippen molar-refractivity contribution in [1.29, 1.82) is 0 Å². The maximum absolute atomic E-state index is 14.4. The lowest BCUT2D eigenvalue weighted by Gasteiger charge is -2.53. The fourth-order valence-electron chi connectivity index (χ4n) is 9.61. The van der Waals surface area contributed by atoms with Crippen LogP contribution in [0.15, 0.2) is 0 Å². The molecule has 19 atom stereocenters. The Kier molecular flexibility index (Phi) is 14.6. The minimum Gasteiger partial charge on any atom is -0.459 e. The standard InChI is InChI=1S/C40H73NO12/c1-16-28-40(12,45)35-24(6)32(52-38(9,10)53-35)21(3)17-20(2)31(51-37-30(42)27(41(13)14)18-22(4)47-37)23(5)33(25(7)36(44)49-28)50-29-19-39(11,46-15)34(43)26(8)48-29/h20-35,37,42-43,45H,16-19H2,1-15H3/t20?,21-,22?,23?,24+,25?,26?,27?,28?,29+,30-,31+,32+,33?,34+,35-,37?,39-,40-/m1/s1. The molecule has 9 unspecified atom stereocenters. The van der Waals surface area contributed by atoms with Crippen molar-refractivity contribution < 1.29 is 58.0 Å². The average Bonchev–Trinajstić information content (AvgIpc) is 3.07. The number of cyclic esters (lactones) is 1. The highest BCUT2D eigenvalue weighted by molar-refractivity contribution is 5.73. The lowest BCUT2D eigenvalue weighted by atomic mass is 9.74. The molecule has 4 aliphatic heterocycles. The molecule has 310 valence electrons. The zero-order valence-corrected chi connectivity index (χ0v) is 35.1. The minimum atomic E-state index is -1.54. The molecule has 4 aliphatic rings. The van der Waals surface area contributed by atoms with E-state index in [2.05, 4.69) is 13.8 Å². The van der Waals surface area contributed by atoms with Gasteiger partial charge in [0.1, 0.15) is 23.9 Å². The summed E-state index contributed by atoms with van der Waals surface area (Å²) in [5.41, 5.74) is -2.50. The fourth-order valence-corrected chi connectivity index (χ4v) is 9.61. The number of esters is 1. The molecule has 0 spiro atoms. The van der Waals surface area contributed by atoms with Crippen LogP contribution in [-0.2, 0) is 42.7 Å². The van der Waals surface area contributed by atoms with Gasteiger partial charge in [0.25, 0.3) is 0 Å². The molecule has 0 aromatic carbocycles. The molecule has 4 saturated heterocycles. The number of aliphatic hydroxyl groups excluding tert-OH is 2. The summed E-state index contributed by atoms with van der Waals surface area (Å²) in [4.78, 5) is 16.4. The molecule has 4 rings (SSSR count). The predicted molar refractivity (Wildman–Crippen MR) is 198 cm³/mol. The number of carbonyl (C=O) groups excluding carboxylic acids is 1. The molecule has 53 heavy (non-hydrogen) atoms. The highest BCUT2D eigenvalue weighted by atomic mass is 16.7. The maximum Gasteiger partial charge on any atom is 0.311 e. The highest BCUT2D eigenvalue weighted by Crippen LogP contribution is 2.44. The number of methoxy groups -OCH3 is 1. The van der Waals surface area contributed by atoms with Crippen LogP contribution >= 0.6 is 0 Å². The Labute approximate surface area is 318 Å². The van der Waals surface area contributed by atoms with Gasteiger partial charge in [0.2, 0.25) is 0 Å². The minimum absolute atomic E-state index is 0.0146. The molecule has 0 aromatic heterocycles. The van der Waals surface area contributed by atoms with Gasteiger partial charge in [-0.1, -0.05) is 34.6 Å². The Morgan fingerprint density at radius 2 is 1.51 bits per heavy atom. The lowest BCUT2D eigenvalue weighted by molar-refractivity contribution is -0.359. The first-order valence-electron chi connectivity index (χ1n) is 20.0. The van der Waals surface area contributed by atoms with Crippen LogP contribution in [0.25, 0.3) is 0 Å². The van der Waals surface area contributed by atoms with Gasteiger partial charge in [-0.2, -0.15) is 0 Å². The van der Waals surface area contributed by atoms with Crippen molar-refractivity contribution in [2.75, 3.05) is 21.2 Å². The van der Waals surface area contributed by atoms with E-state index in [1.54, 1.807) is 27.9 Å². The van der Waals surface area contributed by atoms with Crippen LogP contribution in [0.5, 0.6) is 0 Å². The number of hydrogen-bond acceptors (Lipinski definition) is 13. The number of aliphatic hydroxyl groups is 3. The molecule has 0 aromatic rings. The molecule has 13 heteroatoms. The molecule has 0 amide bonds. The van der Waals surface area contributed by atoms with Gasteiger partial charge in [-0.25, -0.2) is 0 Å². The summed E-state index contributed by atoms with van der Waals surface area (Å²) in [5, 5.41) is 34.8. The molecular weight excluding hydrogens is 686 g/mol. The second-order valence-electron chi connectivity index (χ2n) is 18.0. The highest BCUT2D eigenvalue weighted by Gasteiger charge is 2.55. The molecule has 0 saturated carbocycles. The summed E-state index contributed by atoms with van der Waals surface area (Å²) in [5.74, 6) is -3.28. The van der Waals surface area contributed by atoms with Crippen molar-refractivity contribution >= 4 is 5.97 Å². The Balaban J connectivity index is 1.82. The monoisotopic (exact) mass is 760 g/mol. The maximum atomic E-state index is 14.4. The average molecular weight is 760 g/mol. The van der Waals surface area contributed by atoms with E-state index in [9.17, 15) is 20.1 Å². The van der Waals surface area contributed by atoms with E-state index in [0.717, 1.165) is 0 Å². The smallest absolute Gasteiger partial charge is 0.311 e. The molecule has 4 fully saturated rings. The third kappa shape index (κ3) is 9.60. The van der Waals surface area contributed by atoms with Gasteiger partial charge in [-0.3, -0.25) is 4.79 Å². The van der Waals surface area contributed by atoms with E-state index in [-0.39, 0.29) is 42.4 Å². The Bertz CT molecular complexity index is 1200. The second kappa shape index (κ2) is 17.3. The first-order valence-corrected chi connectivity index (χ1v) is 20.0. The third-order valence-electron chi connectivity index (χ3n) is 12.8. The van der Waals surface area contributed by atoms with Crippen LogP contribution < -0.4 is 0 Å². The predicted octanol–water partition coefficient (Wildman–Crippen LogP) is 4.26. The van der Waals surface area contributed by atoms with E-state index in [1.807, 2.05) is 67.5 Å². The normalized spacial score (nSPS) is 50.3. The van der Waals surface area contributed by atoms with Crippen molar-refractivity contribution in [3.63, 3.8) is 0 Å². The van der Waals surface area contributed by atoms with Gasteiger partial charge in [-0.15, -0.1) is 0 Å². The van der Waals surface area contributed by atoms with Crippen molar-refractivity contribution in [1.82, 2.24) is 4.90 Å². The van der Waals surface area contributed by atoms with Crippen molar-refractivity contribution in [2.45, 2.75) is 199 Å². The Hall–Kier alpha value is -0.970. The molecule has 0 aliphatic carbocycles. The molecule has 3 N–H and O–H groups in total. The quantitative estimate of drug-likeness (QED) is 0.317. The number of nitrogens with zero attached hydrogens (tertiary/aromatic N) is 1. The molecule has 4 heterocycles. The number of ether oxygens (including phenoxy) is 8. The van der Waals surface area contributed by atoms with Crippen molar-refractivity contribution in [3.8, 4) is 0 Å². The van der Waals surface area contributed by atoms with Crippen LogP contribution in [0.3, 0.4) is 0 Å². The largest absolute Gasteiger partial charge is 0.459 e. The van der Waals surface area contributed by atoms with E-state index >= 15 is 0 Å². The summed E-state index contributed by atoms with van der Waals surface area (Å²) >= 11 is 0. The zero-order chi connectivity index (χ0) is 40.0. The number of likely N-dealkylation sites (N-methyl/N-ethyl adjacent to an activating group) is 1. The molecular formula is C40H73NO12. The first kappa shape index (κ1) is 44.7. The molecule has 13 nitrogen and oxygen atoms in total. The number of carbonyl (C=O) groups is 1. The van der Waals surface area contributed by atoms with Crippen LogP contribution in [0, 0.1) is 29.6 Å². The summed E-state index contributed by atoms with van der Waals surface area (Å²) in [7, 11) is 5.43. The van der Waals surface area contributed by atoms with Gasteiger partial charge >= 0.3 is 5.97 Å². The van der Waals surface area contributed by atoms with E-state index in [4.69, 9.17) is 37.9 Å². The summed E-state index contributed by atoms with van der Waals surface area (Å²) in [6.07, 6.45) is -5.80. The zero-order valence-electron chi connectivity index (χ0n) is 35.1. The fraction of sp³-hybridized carbons (Fsp3) is 0.975. The van der Waals surface area contributed by atoms with Crippen LogP contribution in [0.1, 0.15) is 109 Å². The number of rotatable bonds is 7. The number of hydrogen-bond donors (Lipinski definition) is 3. The van der Waals surface area contributed by atoms with E-state index in [1.165, 1.54) is 0 Å². The molecule has 2 bridgehead atoms. The van der Waals surface area contributed by atoms with Crippen molar-refractivity contribution in [3.05, 3.63) is 0 Å². The summed E-state index contributed by atoms with van der Waals surface area (Å²) in [6.45, 7) is 22.9. The van der Waals surface area contributed by atoms with Crippen LogP contribution in [-0.4, -0.2) is 138 Å². The van der Waals surface area contributed by atoms with Gasteiger partial charge in [0.15, 0.2) is 18.4 Å². The van der Waals surface area contributed by atoms with Gasteiger partial charge < -0.3 is 58.1 Å². The van der Waals surface area contributed by atoms with Crippen LogP contribution in [0.4, 0.5) is 0 Å². The Morgan fingerprint density at radius 1 is 0.868 bits per heavy atom. The third-order valence-corrected chi connectivity index (χ3v) is 12.8. The van der Waals surface area contributed by atoms with Gasteiger partial charge in [0, 0.05) is 31.4 Å². The lowest BCUT2D eigenvalue weighted by Crippen LogP contribution is -2.64. The number of fused-ring (bicyclic) bond motifs is 2. The topological polar surface area (TPSA) is 155 Å². The van der Waals surface area contributed by atoms with Gasteiger partial charge in [0.05, 0.1) is 48.1 Å². The molecule has 0 radical (unpaired) electrons. The summed E-state index contributed by atoms with van der Waals surface area (Å²) < 4.78 is 51.4. The van der Waals surface area contributed by atoms with Gasteiger partial charge in [-0.05, 0) is 93.7 Å². The second-order valence-corrected chi connectivity index (χ2v) is 18.0. The van der Waals surface area contributed by atoms with E-state index < -0.39 is 90.1 Å². The Morgan fingerprint density at radius 3 is 2.09 bits per heavy atom. The van der Waals surface area contributed by atoms with Crippen molar-refractivity contribution in [2.24, 2.45) is 29.6 Å². The summed E-state index contributed by atoms with van der Waals surface area (Å²) in [6, 6.07) is -0.183. The van der Waals surface area contributed by atoms with Crippen LogP contribution in [0.2, 0.25) is 0 Å². The SMILES string of the molecule is CCC1OC(=O)C(C)C(O[C@H]2C[C@@](C)(OC)[C@@H](O)C(C)O2)C(C)[C@@H](OC2OC(C)CC(N(C)C)[C@H]2O)C(C)C[C@@H](C)[C@@H]2OC(C)(C)O[C@H]([C@H]2C)[C@]1(C)O.